The Labute approximate surface area is 94.1 Å². The fraction of sp³-hybridized carbons (Fsp3) is 0.643. The van der Waals surface area contributed by atoms with Gasteiger partial charge in [-0.15, -0.1) is 0 Å². The molecule has 0 N–H and O–H groups in total. The summed E-state index contributed by atoms with van der Waals surface area (Å²) >= 11 is 0. The van der Waals surface area contributed by atoms with Crippen LogP contribution in [0.2, 0.25) is 0 Å². The molecule has 1 nitrogen and oxygen atoms in total. The van der Waals surface area contributed by atoms with E-state index in [9.17, 15) is 0 Å². The molecule has 0 saturated heterocycles. The van der Waals surface area contributed by atoms with Gasteiger partial charge < -0.3 is 0 Å². The molecule has 0 unspecified atom stereocenters. The van der Waals surface area contributed by atoms with Gasteiger partial charge in [-0.3, -0.25) is 0 Å². The molecule has 0 saturated carbocycles. The summed E-state index contributed by atoms with van der Waals surface area (Å²) in [6, 6.07) is 6.51. The maximum atomic E-state index is 2.39. The molecule has 1 aromatic rings. The molecule has 0 aromatic carbocycles. The van der Waals surface area contributed by atoms with E-state index in [0.717, 1.165) is 0 Å². The van der Waals surface area contributed by atoms with E-state index in [-0.39, 0.29) is 5.54 Å². The number of aromatic nitrogens is 1. The summed E-state index contributed by atoms with van der Waals surface area (Å²) in [5.41, 5.74) is 1.65. The van der Waals surface area contributed by atoms with E-state index in [1.165, 1.54) is 31.4 Å². The second-order valence-electron chi connectivity index (χ2n) is 5.19. The van der Waals surface area contributed by atoms with Crippen LogP contribution in [-0.2, 0) is 12.0 Å². The lowest BCUT2D eigenvalue weighted by Gasteiger charge is -2.16. The summed E-state index contributed by atoms with van der Waals surface area (Å²) in [5, 5.41) is 0. The highest BCUT2D eigenvalue weighted by atomic mass is 15.0. The minimum atomic E-state index is 0.197. The first kappa shape index (κ1) is 12.2. The van der Waals surface area contributed by atoms with E-state index in [2.05, 4.69) is 56.7 Å². The Hall–Kier alpha value is -0.850. The van der Waals surface area contributed by atoms with Crippen molar-refractivity contribution < 1.29 is 4.57 Å². The fourth-order valence-corrected chi connectivity index (χ4v) is 1.89. The molecule has 15 heavy (non-hydrogen) atoms. The highest BCUT2D eigenvalue weighted by Gasteiger charge is 2.24. The van der Waals surface area contributed by atoms with Gasteiger partial charge in [0.2, 0.25) is 0 Å². The average Bonchev–Trinajstić information content (AvgIpc) is 2.17. The topological polar surface area (TPSA) is 3.88 Å². The lowest BCUT2D eigenvalue weighted by atomic mass is 10.1. The van der Waals surface area contributed by atoms with Crippen LogP contribution in [0.3, 0.4) is 0 Å². The summed E-state index contributed by atoms with van der Waals surface area (Å²) in [6.45, 7) is 9.03. The lowest BCUT2D eigenvalue weighted by Crippen LogP contribution is -2.52. The molecule has 0 amide bonds. The maximum Gasteiger partial charge on any atom is 0.181 e. The molecule has 0 bridgehead atoms. The zero-order chi connectivity index (χ0) is 11.3. The molecule has 0 aliphatic heterocycles. The number of hydrogen-bond donors (Lipinski definition) is 0. The minimum Gasteiger partial charge on any atom is -0.198 e. The van der Waals surface area contributed by atoms with Gasteiger partial charge in [0.15, 0.2) is 17.4 Å². The van der Waals surface area contributed by atoms with Crippen molar-refractivity contribution in [1.82, 2.24) is 0 Å². The van der Waals surface area contributed by atoms with E-state index < -0.39 is 0 Å². The molecule has 0 atom stereocenters. The summed E-state index contributed by atoms with van der Waals surface area (Å²) in [5.74, 6) is 0. The van der Waals surface area contributed by atoms with Gasteiger partial charge in [-0.05, 0) is 6.42 Å². The Kier molecular flexibility index (Phi) is 4.31. The monoisotopic (exact) mass is 206 g/mol. The summed E-state index contributed by atoms with van der Waals surface area (Å²) in [6.07, 6.45) is 7.32. The van der Waals surface area contributed by atoms with Crippen molar-refractivity contribution in [2.45, 2.75) is 58.9 Å². The van der Waals surface area contributed by atoms with Crippen LogP contribution in [0, 0.1) is 0 Å². The predicted molar refractivity (Wildman–Crippen MR) is 64.9 cm³/mol. The van der Waals surface area contributed by atoms with E-state index in [1.54, 1.807) is 0 Å². The van der Waals surface area contributed by atoms with Gasteiger partial charge in [-0.1, -0.05) is 25.8 Å². The third-order valence-electron chi connectivity index (χ3n) is 2.70. The minimum absolute atomic E-state index is 0.197. The van der Waals surface area contributed by atoms with Gasteiger partial charge in [0, 0.05) is 39.3 Å². The third kappa shape index (κ3) is 3.65. The number of rotatable bonds is 4. The average molecular weight is 206 g/mol. The Morgan fingerprint density at radius 1 is 1.13 bits per heavy atom. The second-order valence-corrected chi connectivity index (χ2v) is 5.19. The molecule has 0 radical (unpaired) electrons. The first-order valence-corrected chi connectivity index (χ1v) is 6.05. The quantitative estimate of drug-likeness (QED) is 0.524. The maximum absolute atomic E-state index is 2.39. The largest absolute Gasteiger partial charge is 0.198 e. The highest BCUT2D eigenvalue weighted by Crippen LogP contribution is 2.09. The molecule has 1 aromatic heterocycles. The van der Waals surface area contributed by atoms with Gasteiger partial charge in [0.05, 0.1) is 0 Å². The van der Waals surface area contributed by atoms with Crippen LogP contribution in [0.25, 0.3) is 0 Å². The molecule has 0 fully saturated rings. The molecule has 84 valence electrons. The van der Waals surface area contributed by atoms with Crippen molar-refractivity contribution in [2.24, 2.45) is 0 Å². The number of pyridine rings is 1. The first-order valence-electron chi connectivity index (χ1n) is 6.05. The summed E-state index contributed by atoms with van der Waals surface area (Å²) < 4.78 is 2.39. The Balaban J connectivity index is 2.78. The van der Waals surface area contributed by atoms with Crippen LogP contribution in [0.1, 0.15) is 52.7 Å². The first-order chi connectivity index (χ1) is 7.05. The zero-order valence-corrected chi connectivity index (χ0v) is 10.6. The molecular weight excluding hydrogens is 182 g/mol. The van der Waals surface area contributed by atoms with E-state index >= 15 is 0 Å². The van der Waals surface area contributed by atoms with Crippen LogP contribution in [0.15, 0.2) is 24.4 Å². The lowest BCUT2D eigenvalue weighted by molar-refractivity contribution is -0.760. The van der Waals surface area contributed by atoms with Crippen molar-refractivity contribution in [1.29, 1.82) is 0 Å². The van der Waals surface area contributed by atoms with Crippen molar-refractivity contribution in [3.8, 4) is 0 Å². The molecule has 0 aliphatic rings. The van der Waals surface area contributed by atoms with E-state index in [0.29, 0.717) is 0 Å². The van der Waals surface area contributed by atoms with Crippen LogP contribution < -0.4 is 4.57 Å². The Morgan fingerprint density at radius 2 is 1.87 bits per heavy atom. The molecule has 0 spiro atoms. The van der Waals surface area contributed by atoms with Crippen molar-refractivity contribution in [3.05, 3.63) is 30.1 Å². The van der Waals surface area contributed by atoms with Gasteiger partial charge >= 0.3 is 0 Å². The van der Waals surface area contributed by atoms with Crippen LogP contribution in [-0.4, -0.2) is 0 Å². The molecular formula is C14H24N+. The van der Waals surface area contributed by atoms with Crippen molar-refractivity contribution in [3.63, 3.8) is 0 Å². The number of nitrogens with zero attached hydrogens (tertiary/aromatic N) is 1. The molecule has 1 heteroatoms. The third-order valence-corrected chi connectivity index (χ3v) is 2.70. The van der Waals surface area contributed by atoms with Crippen LogP contribution in [0.5, 0.6) is 0 Å². The second kappa shape index (κ2) is 5.29. The fourth-order valence-electron chi connectivity index (χ4n) is 1.89. The van der Waals surface area contributed by atoms with E-state index in [1.807, 2.05) is 0 Å². The predicted octanol–water partition coefficient (Wildman–Crippen LogP) is 3.46. The van der Waals surface area contributed by atoms with Crippen molar-refractivity contribution in [2.75, 3.05) is 0 Å². The smallest absolute Gasteiger partial charge is 0.181 e. The van der Waals surface area contributed by atoms with Gasteiger partial charge in [0.1, 0.15) is 0 Å². The van der Waals surface area contributed by atoms with Crippen LogP contribution in [0.4, 0.5) is 0 Å². The van der Waals surface area contributed by atoms with E-state index in [4.69, 9.17) is 0 Å². The normalized spacial score (nSPS) is 11.7. The summed E-state index contributed by atoms with van der Waals surface area (Å²) in [4.78, 5) is 0. The van der Waals surface area contributed by atoms with Gasteiger partial charge in [-0.25, -0.2) is 0 Å². The SMILES string of the molecule is CCCCCc1cccc[n+]1C(C)(C)C. The molecule has 1 rings (SSSR count). The molecule has 0 aliphatic carbocycles. The number of hydrogen-bond acceptors (Lipinski definition) is 0. The Morgan fingerprint density at radius 3 is 2.47 bits per heavy atom. The van der Waals surface area contributed by atoms with Crippen molar-refractivity contribution >= 4 is 0 Å². The summed E-state index contributed by atoms with van der Waals surface area (Å²) in [7, 11) is 0. The molecule has 1 heterocycles. The standard InChI is InChI=1S/C14H24N/c1-5-6-7-10-13-11-8-9-12-15(13)14(2,3)4/h8-9,11-12H,5-7,10H2,1-4H3/q+1. The number of aryl methyl sites for hydroxylation is 1. The highest BCUT2D eigenvalue weighted by molar-refractivity contribution is 4.98. The van der Waals surface area contributed by atoms with Crippen LogP contribution >= 0.6 is 0 Å². The zero-order valence-electron chi connectivity index (χ0n) is 10.6. The Bertz CT molecular complexity index is 296. The number of unbranched alkanes of at least 4 members (excludes halogenated alkanes) is 2. The van der Waals surface area contributed by atoms with Gasteiger partial charge in [0.25, 0.3) is 0 Å². The van der Waals surface area contributed by atoms with Gasteiger partial charge in [-0.2, -0.15) is 4.57 Å².